The molecule has 2 aromatic rings. The van der Waals surface area contributed by atoms with Gasteiger partial charge in [-0.3, -0.25) is 9.36 Å². The molecule has 0 radical (unpaired) electrons. The van der Waals surface area contributed by atoms with Crippen LogP contribution in [0.2, 0.25) is 0 Å². The highest BCUT2D eigenvalue weighted by Gasteiger charge is 2.09. The third-order valence-electron chi connectivity index (χ3n) is 3.75. The molecule has 0 aliphatic carbocycles. The van der Waals surface area contributed by atoms with Crippen LogP contribution in [0.3, 0.4) is 0 Å². The third-order valence-corrected chi connectivity index (χ3v) is 3.75. The third kappa shape index (κ3) is 4.81. The Morgan fingerprint density at radius 1 is 1.22 bits per heavy atom. The fourth-order valence-electron chi connectivity index (χ4n) is 2.17. The van der Waals surface area contributed by atoms with Crippen LogP contribution in [0.5, 0.6) is 0 Å². The van der Waals surface area contributed by atoms with Gasteiger partial charge in [0.2, 0.25) is 5.95 Å². The van der Waals surface area contributed by atoms with Gasteiger partial charge in [-0.2, -0.15) is 4.98 Å². The summed E-state index contributed by atoms with van der Waals surface area (Å²) in [5.74, 6) is 0.533. The molecule has 1 N–H and O–H groups in total. The van der Waals surface area contributed by atoms with Crippen LogP contribution >= 0.6 is 0 Å². The van der Waals surface area contributed by atoms with Gasteiger partial charge in [0.1, 0.15) is 0 Å². The smallest absolute Gasteiger partial charge is 0.277 e. The van der Waals surface area contributed by atoms with Crippen LogP contribution in [0.25, 0.3) is 5.70 Å². The highest BCUT2D eigenvalue weighted by molar-refractivity contribution is 5.49. The Balaban J connectivity index is 0.000000253. The molecule has 1 aromatic heterocycles. The van der Waals surface area contributed by atoms with Crippen molar-refractivity contribution in [3.8, 4) is 0 Å². The van der Waals surface area contributed by atoms with E-state index in [1.165, 1.54) is 11.1 Å². The van der Waals surface area contributed by atoms with Crippen molar-refractivity contribution < 1.29 is 0 Å². The van der Waals surface area contributed by atoms with E-state index in [0.717, 1.165) is 17.8 Å². The quantitative estimate of drug-likeness (QED) is 0.933. The van der Waals surface area contributed by atoms with Crippen molar-refractivity contribution in [2.45, 2.75) is 41.0 Å². The van der Waals surface area contributed by atoms with Gasteiger partial charge < -0.3 is 5.32 Å². The van der Waals surface area contributed by atoms with E-state index in [1.54, 1.807) is 14.0 Å². The minimum absolute atomic E-state index is 0.190. The maximum atomic E-state index is 11.4. The summed E-state index contributed by atoms with van der Waals surface area (Å²) >= 11 is 0. The second kappa shape index (κ2) is 8.32. The molecular formula is C19H27N3O. The number of aryl methyl sites for hydroxylation is 2. The summed E-state index contributed by atoms with van der Waals surface area (Å²) in [6.45, 7) is 13.7. The average Bonchev–Trinajstić information content (AvgIpc) is 2.53. The molecule has 2 rings (SSSR count). The van der Waals surface area contributed by atoms with Gasteiger partial charge in [-0.1, -0.05) is 43.3 Å². The molecule has 0 fully saturated rings. The highest BCUT2D eigenvalue weighted by atomic mass is 16.1. The molecule has 0 aliphatic rings. The Kier molecular flexibility index (Phi) is 6.76. The van der Waals surface area contributed by atoms with Crippen LogP contribution in [0.4, 0.5) is 5.95 Å². The number of rotatable bonds is 3. The standard InChI is InChI=1S/C10H15N3O.C9H12/c1-6(2)13-8(4)7(3)9(14)12-10(13)11-5;1-3-9-6-4-8(2)5-7-9/h1H2,2-5H3,(H,11,12,14);4-7H,3H2,1-2H3. The first-order chi connectivity index (χ1) is 10.8. The molecule has 4 heteroatoms. The number of aromatic nitrogens is 2. The van der Waals surface area contributed by atoms with E-state index in [9.17, 15) is 4.79 Å². The highest BCUT2D eigenvalue weighted by Crippen LogP contribution is 2.13. The topological polar surface area (TPSA) is 46.9 Å². The van der Waals surface area contributed by atoms with E-state index in [2.05, 4.69) is 55.0 Å². The Morgan fingerprint density at radius 3 is 2.22 bits per heavy atom. The van der Waals surface area contributed by atoms with Gasteiger partial charge in [0.15, 0.2) is 0 Å². The number of hydrogen-bond acceptors (Lipinski definition) is 3. The second-order valence-corrected chi connectivity index (χ2v) is 5.61. The molecule has 23 heavy (non-hydrogen) atoms. The predicted octanol–water partition coefficient (Wildman–Crippen LogP) is 3.95. The van der Waals surface area contributed by atoms with Crippen LogP contribution in [0.15, 0.2) is 35.6 Å². The number of nitrogens with one attached hydrogen (secondary N) is 1. The minimum Gasteiger partial charge on any atom is -0.358 e. The normalized spacial score (nSPS) is 9.83. The molecule has 0 unspecified atom stereocenters. The molecule has 0 aliphatic heterocycles. The Labute approximate surface area is 138 Å². The Morgan fingerprint density at radius 2 is 1.78 bits per heavy atom. The first-order valence-electron chi connectivity index (χ1n) is 7.81. The van der Waals surface area contributed by atoms with E-state index < -0.39 is 0 Å². The van der Waals surface area contributed by atoms with Gasteiger partial charge in [-0.15, -0.1) is 0 Å². The van der Waals surface area contributed by atoms with Gasteiger partial charge in [0.05, 0.1) is 0 Å². The summed E-state index contributed by atoms with van der Waals surface area (Å²) in [5, 5.41) is 2.88. The summed E-state index contributed by atoms with van der Waals surface area (Å²) < 4.78 is 1.83. The predicted molar refractivity (Wildman–Crippen MR) is 99.1 cm³/mol. The molecule has 0 amide bonds. The second-order valence-electron chi connectivity index (χ2n) is 5.61. The van der Waals surface area contributed by atoms with E-state index >= 15 is 0 Å². The molecule has 124 valence electrons. The molecule has 4 nitrogen and oxygen atoms in total. The van der Waals surface area contributed by atoms with Crippen LogP contribution in [-0.2, 0) is 6.42 Å². The molecule has 0 saturated heterocycles. The lowest BCUT2D eigenvalue weighted by Gasteiger charge is -2.16. The van der Waals surface area contributed by atoms with Crippen molar-refractivity contribution in [1.29, 1.82) is 0 Å². The van der Waals surface area contributed by atoms with E-state index in [1.807, 2.05) is 18.4 Å². The Hall–Kier alpha value is -2.36. The molecule has 0 atom stereocenters. The molecule has 0 spiro atoms. The number of allylic oxidation sites excluding steroid dienone is 1. The maximum Gasteiger partial charge on any atom is 0.277 e. The van der Waals surface area contributed by atoms with Crippen LogP contribution in [0, 0.1) is 20.8 Å². The summed E-state index contributed by atoms with van der Waals surface area (Å²) in [4.78, 5) is 15.3. The first kappa shape index (κ1) is 18.7. The van der Waals surface area contributed by atoms with Crippen molar-refractivity contribution in [1.82, 2.24) is 9.55 Å². The zero-order chi connectivity index (χ0) is 17.6. The van der Waals surface area contributed by atoms with Crippen molar-refractivity contribution in [2.24, 2.45) is 0 Å². The van der Waals surface area contributed by atoms with E-state index in [4.69, 9.17) is 0 Å². The minimum atomic E-state index is -0.190. The summed E-state index contributed by atoms with van der Waals surface area (Å²) in [7, 11) is 1.73. The van der Waals surface area contributed by atoms with Gasteiger partial charge in [-0.05, 0) is 39.7 Å². The van der Waals surface area contributed by atoms with E-state index in [-0.39, 0.29) is 5.56 Å². The van der Waals surface area contributed by atoms with Crippen LogP contribution < -0.4 is 10.9 Å². The number of anilines is 1. The zero-order valence-electron chi connectivity index (χ0n) is 15.0. The van der Waals surface area contributed by atoms with Crippen molar-refractivity contribution >= 4 is 11.6 Å². The van der Waals surface area contributed by atoms with E-state index in [0.29, 0.717) is 11.5 Å². The molecule has 1 heterocycles. The number of hydrogen-bond donors (Lipinski definition) is 1. The summed E-state index contributed by atoms with van der Waals surface area (Å²) in [6, 6.07) is 8.66. The maximum absolute atomic E-state index is 11.4. The molecule has 0 saturated carbocycles. The summed E-state index contributed by atoms with van der Waals surface area (Å²) in [6.07, 6.45) is 1.14. The molecular weight excluding hydrogens is 286 g/mol. The lowest BCUT2D eigenvalue weighted by molar-refractivity contribution is 0.911. The summed E-state index contributed by atoms with van der Waals surface area (Å²) in [5.41, 5.74) is 4.94. The fraction of sp³-hybridized carbons (Fsp3) is 0.368. The largest absolute Gasteiger partial charge is 0.358 e. The lowest BCUT2D eigenvalue weighted by Crippen LogP contribution is -2.21. The van der Waals surface area contributed by atoms with Gasteiger partial charge in [-0.25, -0.2) is 0 Å². The first-order valence-corrected chi connectivity index (χ1v) is 7.81. The van der Waals surface area contributed by atoms with Gasteiger partial charge in [0, 0.05) is 24.0 Å². The fourth-order valence-corrected chi connectivity index (χ4v) is 2.17. The van der Waals surface area contributed by atoms with Gasteiger partial charge >= 0.3 is 0 Å². The zero-order valence-corrected chi connectivity index (χ0v) is 15.0. The molecule has 0 bridgehead atoms. The molecule has 1 aromatic carbocycles. The van der Waals surface area contributed by atoms with Gasteiger partial charge in [0.25, 0.3) is 5.56 Å². The SMILES string of the molecule is C=C(C)n1c(NC)nc(=O)c(C)c1C.CCc1ccc(C)cc1. The van der Waals surface area contributed by atoms with Crippen molar-refractivity contribution in [3.63, 3.8) is 0 Å². The van der Waals surface area contributed by atoms with Crippen LogP contribution in [0.1, 0.15) is 36.2 Å². The Bertz CT molecular complexity index is 728. The average molecular weight is 313 g/mol. The van der Waals surface area contributed by atoms with Crippen molar-refractivity contribution in [2.75, 3.05) is 12.4 Å². The van der Waals surface area contributed by atoms with Crippen LogP contribution in [-0.4, -0.2) is 16.6 Å². The monoisotopic (exact) mass is 313 g/mol. The lowest BCUT2D eigenvalue weighted by atomic mass is 10.1. The van der Waals surface area contributed by atoms with Crippen molar-refractivity contribution in [3.05, 3.63) is 63.6 Å². The number of nitrogens with zero attached hydrogens (tertiary/aromatic N) is 2. The number of benzene rings is 1.